The third-order valence-electron chi connectivity index (χ3n) is 5.19. The molecule has 0 fully saturated rings. The van der Waals surface area contributed by atoms with E-state index in [2.05, 4.69) is 10.4 Å². The van der Waals surface area contributed by atoms with Crippen LogP contribution in [-0.2, 0) is 11.2 Å². The lowest BCUT2D eigenvalue weighted by Gasteiger charge is -2.10. The van der Waals surface area contributed by atoms with Gasteiger partial charge in [0.1, 0.15) is 11.2 Å². The Bertz CT molecular complexity index is 1330. The van der Waals surface area contributed by atoms with Crippen LogP contribution in [0.1, 0.15) is 16.9 Å². The van der Waals surface area contributed by atoms with Gasteiger partial charge in [0.2, 0.25) is 5.91 Å². The molecule has 0 radical (unpaired) electrons. The van der Waals surface area contributed by atoms with Crippen molar-refractivity contribution in [1.29, 1.82) is 0 Å². The fourth-order valence-corrected chi connectivity index (χ4v) is 4.62. The molecule has 2 aromatic carbocycles. The Morgan fingerprint density at radius 1 is 1.09 bits per heavy atom. The molecular weight excluding hydrogens is 426 g/mol. The van der Waals surface area contributed by atoms with Crippen LogP contribution >= 0.6 is 11.3 Å². The molecule has 0 bridgehead atoms. The molecule has 0 aliphatic heterocycles. The summed E-state index contributed by atoms with van der Waals surface area (Å²) in [5.74, 6) is 0.959. The molecule has 0 aliphatic rings. The van der Waals surface area contributed by atoms with Gasteiger partial charge in [0.25, 0.3) is 5.56 Å². The minimum atomic E-state index is -0.294. The van der Waals surface area contributed by atoms with Gasteiger partial charge in [-0.3, -0.25) is 15.0 Å². The van der Waals surface area contributed by atoms with E-state index in [4.69, 9.17) is 9.47 Å². The summed E-state index contributed by atoms with van der Waals surface area (Å²) < 4.78 is 11.7. The fraction of sp³-hybridized carbons (Fsp3) is 0.208. The van der Waals surface area contributed by atoms with E-state index in [0.29, 0.717) is 28.1 Å². The standard InChI is InChI=1S/C24H23N3O4S/c1-15-21(17-7-5-4-6-8-17)22-23(32-15)25-14-27(24(22)29)26-20(28)12-10-16-9-11-18(30-2)19(13-16)31-3/h4-9,11,13-14H,10,12H2,1-3H3,(H,26,28). The number of nitrogens with zero attached hydrogens (tertiary/aromatic N) is 2. The number of rotatable bonds is 7. The average Bonchev–Trinajstić information content (AvgIpc) is 3.16. The molecule has 0 saturated carbocycles. The van der Waals surface area contributed by atoms with Crippen LogP contribution in [0.4, 0.5) is 0 Å². The van der Waals surface area contributed by atoms with Gasteiger partial charge in [-0.15, -0.1) is 11.3 Å². The first-order valence-electron chi connectivity index (χ1n) is 10.1. The highest BCUT2D eigenvalue weighted by molar-refractivity contribution is 7.19. The summed E-state index contributed by atoms with van der Waals surface area (Å²) in [7, 11) is 3.14. The van der Waals surface area contributed by atoms with Gasteiger partial charge in [0.05, 0.1) is 19.6 Å². The smallest absolute Gasteiger partial charge is 0.281 e. The highest BCUT2D eigenvalue weighted by Gasteiger charge is 2.17. The monoisotopic (exact) mass is 449 g/mol. The van der Waals surface area contributed by atoms with E-state index in [0.717, 1.165) is 26.2 Å². The summed E-state index contributed by atoms with van der Waals surface area (Å²) in [6.07, 6.45) is 2.06. The average molecular weight is 450 g/mol. The van der Waals surface area contributed by atoms with Crippen LogP contribution < -0.4 is 20.5 Å². The van der Waals surface area contributed by atoms with Crippen LogP contribution in [0.3, 0.4) is 0 Å². The summed E-state index contributed by atoms with van der Waals surface area (Å²) in [6, 6.07) is 15.3. The first-order chi connectivity index (χ1) is 15.5. The summed E-state index contributed by atoms with van der Waals surface area (Å²) >= 11 is 1.47. The number of hydrogen-bond acceptors (Lipinski definition) is 6. The highest BCUT2D eigenvalue weighted by Crippen LogP contribution is 2.35. The summed E-state index contributed by atoms with van der Waals surface area (Å²) in [5.41, 5.74) is 5.11. The molecule has 0 saturated heterocycles. The number of benzene rings is 2. The number of aryl methyl sites for hydroxylation is 2. The predicted octanol–water partition coefficient (Wildman–Crippen LogP) is 4.15. The van der Waals surface area contributed by atoms with Gasteiger partial charge >= 0.3 is 0 Å². The van der Waals surface area contributed by atoms with Gasteiger partial charge in [0.15, 0.2) is 11.5 Å². The number of amides is 1. The molecule has 1 amide bonds. The number of ether oxygens (including phenoxy) is 2. The number of fused-ring (bicyclic) bond motifs is 1. The van der Waals surface area contributed by atoms with Gasteiger partial charge < -0.3 is 9.47 Å². The zero-order chi connectivity index (χ0) is 22.7. The van der Waals surface area contributed by atoms with Crippen molar-refractivity contribution in [1.82, 2.24) is 9.66 Å². The maximum absolute atomic E-state index is 13.2. The van der Waals surface area contributed by atoms with E-state index in [-0.39, 0.29) is 17.9 Å². The first kappa shape index (κ1) is 21.6. The van der Waals surface area contributed by atoms with Crippen LogP contribution in [0, 0.1) is 6.92 Å². The van der Waals surface area contributed by atoms with Gasteiger partial charge in [-0.05, 0) is 36.6 Å². The van der Waals surface area contributed by atoms with Gasteiger partial charge in [-0.25, -0.2) is 9.66 Å². The maximum Gasteiger partial charge on any atom is 0.281 e. The van der Waals surface area contributed by atoms with E-state index >= 15 is 0 Å². The Kier molecular flexibility index (Phi) is 6.23. The molecule has 164 valence electrons. The van der Waals surface area contributed by atoms with E-state index in [1.54, 1.807) is 20.3 Å². The Labute approximate surface area is 189 Å². The van der Waals surface area contributed by atoms with Crippen molar-refractivity contribution in [2.75, 3.05) is 19.6 Å². The number of methoxy groups -OCH3 is 2. The van der Waals surface area contributed by atoms with E-state index in [9.17, 15) is 9.59 Å². The maximum atomic E-state index is 13.2. The lowest BCUT2D eigenvalue weighted by molar-refractivity contribution is -0.117. The molecule has 2 heterocycles. The molecule has 0 aliphatic carbocycles. The first-order valence-corrected chi connectivity index (χ1v) is 10.9. The Hall–Kier alpha value is -3.65. The summed E-state index contributed by atoms with van der Waals surface area (Å²) in [4.78, 5) is 31.8. The molecule has 32 heavy (non-hydrogen) atoms. The molecule has 1 N–H and O–H groups in total. The molecule has 0 atom stereocenters. The molecule has 0 spiro atoms. The topological polar surface area (TPSA) is 82.5 Å². The second-order valence-electron chi connectivity index (χ2n) is 7.22. The normalized spacial score (nSPS) is 10.8. The highest BCUT2D eigenvalue weighted by atomic mass is 32.1. The van der Waals surface area contributed by atoms with Gasteiger partial charge in [0, 0.05) is 16.9 Å². The Balaban J connectivity index is 1.55. The van der Waals surface area contributed by atoms with Crippen molar-refractivity contribution in [2.24, 2.45) is 0 Å². The van der Waals surface area contributed by atoms with E-state index < -0.39 is 0 Å². The largest absolute Gasteiger partial charge is 0.493 e. The molecule has 0 unspecified atom stereocenters. The van der Waals surface area contributed by atoms with Crippen molar-refractivity contribution < 1.29 is 14.3 Å². The van der Waals surface area contributed by atoms with Crippen molar-refractivity contribution in [3.05, 3.63) is 75.7 Å². The molecule has 8 heteroatoms. The SMILES string of the molecule is COc1ccc(CCC(=O)Nn2cnc3sc(C)c(-c4ccccc4)c3c2=O)cc1OC. The van der Waals surface area contributed by atoms with Crippen LogP contribution in [0.2, 0.25) is 0 Å². The minimum absolute atomic E-state index is 0.203. The molecular formula is C24H23N3O4S. The second-order valence-corrected chi connectivity index (χ2v) is 8.43. The van der Waals surface area contributed by atoms with Crippen molar-refractivity contribution >= 4 is 27.5 Å². The summed E-state index contributed by atoms with van der Waals surface area (Å²) in [5, 5.41) is 0.515. The molecule has 4 rings (SSSR count). The number of nitrogens with one attached hydrogen (secondary N) is 1. The molecule has 2 aromatic heterocycles. The van der Waals surface area contributed by atoms with Crippen LogP contribution in [0.15, 0.2) is 59.7 Å². The Morgan fingerprint density at radius 3 is 2.56 bits per heavy atom. The Morgan fingerprint density at radius 2 is 1.84 bits per heavy atom. The number of carbonyl (C=O) groups is 1. The lowest BCUT2D eigenvalue weighted by atomic mass is 10.0. The number of thiophene rings is 1. The summed E-state index contributed by atoms with van der Waals surface area (Å²) in [6.45, 7) is 1.97. The van der Waals surface area contributed by atoms with Crippen molar-refractivity contribution in [2.45, 2.75) is 19.8 Å². The lowest BCUT2D eigenvalue weighted by Crippen LogP contribution is -2.33. The van der Waals surface area contributed by atoms with Gasteiger partial charge in [-0.2, -0.15) is 0 Å². The second kappa shape index (κ2) is 9.23. The van der Waals surface area contributed by atoms with Crippen LogP contribution in [0.25, 0.3) is 21.3 Å². The van der Waals surface area contributed by atoms with E-state index in [1.165, 1.54) is 17.7 Å². The van der Waals surface area contributed by atoms with Crippen molar-refractivity contribution in [3.63, 3.8) is 0 Å². The number of aromatic nitrogens is 2. The predicted molar refractivity (Wildman–Crippen MR) is 126 cm³/mol. The zero-order valence-electron chi connectivity index (χ0n) is 18.0. The van der Waals surface area contributed by atoms with Crippen LogP contribution in [-0.4, -0.2) is 29.8 Å². The third-order valence-corrected chi connectivity index (χ3v) is 6.20. The quantitative estimate of drug-likeness (QED) is 0.458. The van der Waals surface area contributed by atoms with Crippen LogP contribution in [0.5, 0.6) is 11.5 Å². The van der Waals surface area contributed by atoms with E-state index in [1.807, 2.05) is 49.4 Å². The third kappa shape index (κ3) is 4.22. The minimum Gasteiger partial charge on any atom is -0.493 e. The molecule has 4 aromatic rings. The van der Waals surface area contributed by atoms with Gasteiger partial charge in [-0.1, -0.05) is 36.4 Å². The zero-order valence-corrected chi connectivity index (χ0v) is 18.9. The van der Waals surface area contributed by atoms with Crippen molar-refractivity contribution in [3.8, 4) is 22.6 Å². The number of carbonyl (C=O) groups excluding carboxylic acids is 1. The fourth-order valence-electron chi connectivity index (χ4n) is 3.62. The number of hydrogen-bond donors (Lipinski definition) is 1. The molecule has 7 nitrogen and oxygen atoms in total.